The van der Waals surface area contributed by atoms with Crippen molar-refractivity contribution in [2.24, 2.45) is 5.92 Å². The van der Waals surface area contributed by atoms with Crippen molar-refractivity contribution < 1.29 is 9.59 Å². The summed E-state index contributed by atoms with van der Waals surface area (Å²) in [6.45, 7) is 5.62. The lowest BCUT2D eigenvalue weighted by molar-refractivity contribution is -0.128. The molecule has 0 aliphatic carbocycles. The van der Waals surface area contributed by atoms with Crippen molar-refractivity contribution in [2.45, 2.75) is 26.7 Å². The third-order valence-corrected chi connectivity index (χ3v) is 3.61. The van der Waals surface area contributed by atoms with Gasteiger partial charge in [0.1, 0.15) is 5.56 Å². The fourth-order valence-corrected chi connectivity index (χ4v) is 2.45. The first kappa shape index (κ1) is 15.3. The number of aryl methyl sites for hydroxylation is 1. The molecule has 1 fully saturated rings. The van der Waals surface area contributed by atoms with Crippen LogP contribution >= 0.6 is 0 Å². The second-order valence-corrected chi connectivity index (χ2v) is 5.64. The number of carbonyl (C=O) groups excluding carboxylic acids is 2. The van der Waals surface area contributed by atoms with Crippen molar-refractivity contribution in [3.8, 4) is 0 Å². The van der Waals surface area contributed by atoms with E-state index in [-0.39, 0.29) is 28.9 Å². The minimum Gasteiger partial charge on any atom is -0.352 e. The number of carbonyl (C=O) groups is 2. The normalized spacial score (nSPS) is 16.1. The molecule has 0 saturated carbocycles. The van der Waals surface area contributed by atoms with Gasteiger partial charge in [0, 0.05) is 31.7 Å². The van der Waals surface area contributed by atoms with E-state index in [1.165, 1.54) is 6.07 Å². The van der Waals surface area contributed by atoms with E-state index in [0.29, 0.717) is 19.5 Å². The molecule has 1 atom stereocenters. The number of nitrogens with zero attached hydrogens (tertiary/aromatic N) is 1. The molecule has 0 radical (unpaired) electrons. The summed E-state index contributed by atoms with van der Waals surface area (Å²) in [7, 11) is 0. The average Bonchev–Trinajstić information content (AvgIpc) is 2.81. The van der Waals surface area contributed by atoms with E-state index in [0.717, 1.165) is 18.7 Å². The van der Waals surface area contributed by atoms with E-state index in [1.54, 1.807) is 13.0 Å². The van der Waals surface area contributed by atoms with Crippen LogP contribution in [0.2, 0.25) is 0 Å². The number of amides is 2. The van der Waals surface area contributed by atoms with Crippen LogP contribution in [0.3, 0.4) is 0 Å². The molecule has 2 heterocycles. The first-order valence-electron chi connectivity index (χ1n) is 7.23. The second kappa shape index (κ2) is 6.56. The molecule has 21 heavy (non-hydrogen) atoms. The Kier molecular flexibility index (Phi) is 4.77. The maximum atomic E-state index is 12.0. The van der Waals surface area contributed by atoms with Crippen molar-refractivity contribution in [1.82, 2.24) is 15.2 Å². The predicted octanol–water partition coefficient (Wildman–Crippen LogP) is 0.672. The molecule has 2 rings (SSSR count). The number of H-pyrrole nitrogens is 1. The van der Waals surface area contributed by atoms with E-state index in [1.807, 2.05) is 11.8 Å². The smallest absolute Gasteiger partial charge is 0.260 e. The molecule has 1 aliphatic rings. The maximum absolute atomic E-state index is 12.0. The summed E-state index contributed by atoms with van der Waals surface area (Å²) in [6.07, 6.45) is 1.54. The Morgan fingerprint density at radius 2 is 2.19 bits per heavy atom. The third kappa shape index (κ3) is 3.93. The van der Waals surface area contributed by atoms with E-state index in [9.17, 15) is 14.4 Å². The minimum absolute atomic E-state index is 0.116. The first-order valence-corrected chi connectivity index (χ1v) is 7.23. The number of hydrogen-bond donors (Lipinski definition) is 2. The van der Waals surface area contributed by atoms with Crippen LogP contribution in [0.1, 0.15) is 35.8 Å². The minimum atomic E-state index is -0.380. The van der Waals surface area contributed by atoms with Gasteiger partial charge in [-0.15, -0.1) is 0 Å². The van der Waals surface area contributed by atoms with Gasteiger partial charge in [-0.3, -0.25) is 14.4 Å². The van der Waals surface area contributed by atoms with Crippen molar-refractivity contribution in [1.29, 1.82) is 0 Å². The number of aromatic nitrogens is 1. The second-order valence-electron chi connectivity index (χ2n) is 5.64. The Morgan fingerprint density at radius 1 is 1.43 bits per heavy atom. The van der Waals surface area contributed by atoms with Gasteiger partial charge in [-0.05, 0) is 31.4 Å². The zero-order chi connectivity index (χ0) is 15.4. The molecule has 0 spiro atoms. The molecule has 6 nitrogen and oxygen atoms in total. The van der Waals surface area contributed by atoms with E-state index < -0.39 is 0 Å². The van der Waals surface area contributed by atoms with Crippen molar-refractivity contribution >= 4 is 11.8 Å². The molecule has 1 aromatic heterocycles. The van der Waals surface area contributed by atoms with Crippen LogP contribution in [0.5, 0.6) is 0 Å². The van der Waals surface area contributed by atoms with Crippen molar-refractivity contribution in [3.05, 3.63) is 33.7 Å². The van der Waals surface area contributed by atoms with Gasteiger partial charge >= 0.3 is 0 Å². The number of likely N-dealkylation sites (tertiary alicyclic amines) is 1. The van der Waals surface area contributed by atoms with Gasteiger partial charge in [0.2, 0.25) is 5.91 Å². The van der Waals surface area contributed by atoms with Crippen LogP contribution in [0.25, 0.3) is 0 Å². The van der Waals surface area contributed by atoms with Gasteiger partial charge in [0.25, 0.3) is 11.5 Å². The highest BCUT2D eigenvalue weighted by atomic mass is 16.2. The summed E-state index contributed by atoms with van der Waals surface area (Å²) in [6, 6.07) is 3.22. The standard InChI is InChI=1S/C15H21N3O3/c1-10(9-18-7-3-4-13(18)19)8-16-14(20)12-6-5-11(2)17-15(12)21/h5-6,10H,3-4,7-9H2,1-2H3,(H,16,20)(H,17,21)/t10-/m0/s1. The highest BCUT2D eigenvalue weighted by Gasteiger charge is 2.22. The molecule has 0 unspecified atom stereocenters. The lowest BCUT2D eigenvalue weighted by Crippen LogP contribution is -2.37. The summed E-state index contributed by atoms with van der Waals surface area (Å²) >= 11 is 0. The molecule has 0 aromatic carbocycles. The molecule has 1 saturated heterocycles. The van der Waals surface area contributed by atoms with Gasteiger partial charge in [0.05, 0.1) is 0 Å². The van der Waals surface area contributed by atoms with Crippen LogP contribution < -0.4 is 10.9 Å². The number of aromatic amines is 1. The predicted molar refractivity (Wildman–Crippen MR) is 79.1 cm³/mol. The van der Waals surface area contributed by atoms with Crippen LogP contribution in [0, 0.1) is 12.8 Å². The van der Waals surface area contributed by atoms with Crippen molar-refractivity contribution in [2.75, 3.05) is 19.6 Å². The monoisotopic (exact) mass is 291 g/mol. The number of rotatable bonds is 5. The van der Waals surface area contributed by atoms with Gasteiger partial charge in [-0.2, -0.15) is 0 Å². The Hall–Kier alpha value is -2.11. The molecule has 6 heteroatoms. The van der Waals surface area contributed by atoms with Crippen LogP contribution in [0.4, 0.5) is 0 Å². The van der Waals surface area contributed by atoms with Crippen LogP contribution in [-0.4, -0.2) is 41.3 Å². The highest BCUT2D eigenvalue weighted by Crippen LogP contribution is 2.11. The molecule has 2 N–H and O–H groups in total. The molecule has 2 amide bonds. The Bertz CT molecular complexity index is 594. The van der Waals surface area contributed by atoms with Gasteiger partial charge in [-0.25, -0.2) is 0 Å². The average molecular weight is 291 g/mol. The van der Waals surface area contributed by atoms with Crippen LogP contribution in [-0.2, 0) is 4.79 Å². The molecule has 0 bridgehead atoms. The van der Waals surface area contributed by atoms with Crippen LogP contribution in [0.15, 0.2) is 16.9 Å². The fraction of sp³-hybridized carbons (Fsp3) is 0.533. The van der Waals surface area contributed by atoms with Crippen molar-refractivity contribution in [3.63, 3.8) is 0 Å². The quantitative estimate of drug-likeness (QED) is 0.836. The molecular formula is C15H21N3O3. The highest BCUT2D eigenvalue weighted by molar-refractivity contribution is 5.93. The maximum Gasteiger partial charge on any atom is 0.260 e. The zero-order valence-electron chi connectivity index (χ0n) is 12.4. The Morgan fingerprint density at radius 3 is 2.81 bits per heavy atom. The fourth-order valence-electron chi connectivity index (χ4n) is 2.45. The lowest BCUT2D eigenvalue weighted by atomic mass is 10.1. The van der Waals surface area contributed by atoms with E-state index in [2.05, 4.69) is 10.3 Å². The molecule has 114 valence electrons. The van der Waals surface area contributed by atoms with Gasteiger partial charge < -0.3 is 15.2 Å². The zero-order valence-corrected chi connectivity index (χ0v) is 12.4. The largest absolute Gasteiger partial charge is 0.352 e. The Balaban J connectivity index is 1.85. The summed E-state index contributed by atoms with van der Waals surface area (Å²) in [5, 5.41) is 2.75. The van der Waals surface area contributed by atoms with E-state index in [4.69, 9.17) is 0 Å². The summed E-state index contributed by atoms with van der Waals surface area (Å²) < 4.78 is 0. The number of pyridine rings is 1. The number of nitrogens with one attached hydrogen (secondary N) is 2. The summed E-state index contributed by atoms with van der Waals surface area (Å²) in [5.41, 5.74) is 0.456. The van der Waals surface area contributed by atoms with Gasteiger partial charge in [-0.1, -0.05) is 6.92 Å². The Labute approximate surface area is 123 Å². The molecular weight excluding hydrogens is 270 g/mol. The topological polar surface area (TPSA) is 82.3 Å². The first-order chi connectivity index (χ1) is 9.97. The third-order valence-electron chi connectivity index (χ3n) is 3.61. The molecule has 1 aliphatic heterocycles. The summed E-state index contributed by atoms with van der Waals surface area (Å²) in [5.74, 6) is -0.0421. The lowest BCUT2D eigenvalue weighted by Gasteiger charge is -2.20. The van der Waals surface area contributed by atoms with Gasteiger partial charge in [0.15, 0.2) is 0 Å². The number of hydrogen-bond acceptors (Lipinski definition) is 3. The molecule has 1 aromatic rings. The SMILES string of the molecule is Cc1ccc(C(=O)NC[C@H](C)CN2CCCC2=O)c(=O)[nH]1. The summed E-state index contributed by atoms with van der Waals surface area (Å²) in [4.78, 5) is 39.6. The van der Waals surface area contributed by atoms with E-state index >= 15 is 0 Å².